The van der Waals surface area contributed by atoms with E-state index in [0.717, 1.165) is 35.2 Å². The molecular formula is C14H22N3O3S-. The summed E-state index contributed by atoms with van der Waals surface area (Å²) in [6.45, 7) is 7.28. The minimum atomic E-state index is -1.93. The van der Waals surface area contributed by atoms with Crippen molar-refractivity contribution >= 4 is 22.6 Å². The van der Waals surface area contributed by atoms with Gasteiger partial charge in [0.15, 0.2) is 5.84 Å². The van der Waals surface area contributed by atoms with Gasteiger partial charge in [-0.3, -0.25) is 4.21 Å². The van der Waals surface area contributed by atoms with E-state index in [2.05, 4.69) is 11.7 Å². The van der Waals surface area contributed by atoms with Crippen molar-refractivity contribution in [3.05, 3.63) is 41.5 Å². The number of benzene rings is 1. The van der Waals surface area contributed by atoms with Crippen molar-refractivity contribution in [3.8, 4) is 0 Å². The van der Waals surface area contributed by atoms with Gasteiger partial charge in [-0.2, -0.15) is 0 Å². The summed E-state index contributed by atoms with van der Waals surface area (Å²) in [5, 5.41) is 11.7. The predicted molar refractivity (Wildman–Crippen MR) is 86.1 cm³/mol. The zero-order chi connectivity index (χ0) is 16.4. The molecule has 0 bridgehead atoms. The second-order valence-electron chi connectivity index (χ2n) is 4.11. The van der Waals surface area contributed by atoms with Crippen LogP contribution < -0.4 is 11.5 Å². The first-order valence-corrected chi connectivity index (χ1v) is 7.72. The Morgan fingerprint density at radius 3 is 2.33 bits per heavy atom. The Labute approximate surface area is 127 Å². The van der Waals surface area contributed by atoms with Gasteiger partial charge in [-0.15, -0.1) is 6.58 Å². The second-order valence-corrected chi connectivity index (χ2v) is 5.05. The van der Waals surface area contributed by atoms with Gasteiger partial charge in [0, 0.05) is 17.0 Å². The monoisotopic (exact) mass is 312 g/mol. The van der Waals surface area contributed by atoms with Gasteiger partial charge in [0.05, 0.1) is 0 Å². The number of oxime groups is 1. The summed E-state index contributed by atoms with van der Waals surface area (Å²) in [5.74, 6) is 0.196. The molecule has 1 atom stereocenters. The number of hydrogen-bond donors (Lipinski definition) is 3. The molecule has 6 nitrogen and oxygen atoms in total. The molecule has 1 rings (SSSR count). The summed E-state index contributed by atoms with van der Waals surface area (Å²) >= 11 is -1.93. The maximum atomic E-state index is 9.53. The van der Waals surface area contributed by atoms with Gasteiger partial charge < -0.3 is 21.2 Å². The minimum absolute atomic E-state index is 0.0556. The molecule has 1 unspecified atom stereocenters. The fourth-order valence-corrected chi connectivity index (χ4v) is 2.11. The van der Waals surface area contributed by atoms with E-state index in [0.29, 0.717) is 0 Å². The van der Waals surface area contributed by atoms with Gasteiger partial charge in [0.2, 0.25) is 0 Å². The van der Waals surface area contributed by atoms with Crippen LogP contribution in [0.2, 0.25) is 0 Å². The van der Waals surface area contributed by atoms with Crippen LogP contribution in [0.25, 0.3) is 0 Å². The van der Waals surface area contributed by atoms with E-state index in [4.69, 9.17) is 16.7 Å². The van der Waals surface area contributed by atoms with Gasteiger partial charge in [-0.1, -0.05) is 36.2 Å². The highest BCUT2D eigenvalue weighted by Crippen LogP contribution is 2.22. The first-order valence-electron chi connectivity index (χ1n) is 6.47. The molecule has 0 aliphatic carbocycles. The van der Waals surface area contributed by atoms with Crippen LogP contribution in [0.3, 0.4) is 0 Å². The first-order chi connectivity index (χ1) is 9.92. The van der Waals surface area contributed by atoms with Gasteiger partial charge in [0.25, 0.3) is 0 Å². The standard InChI is InChI=1S/C11H17N3O.C3H6O2S/c1-3-7-8(4-2)10(12)6-5-9(7)11(13)14-15;1-2-3-6(4)5/h5-6,15H,3-4,12H2,1-2H3,(H2,13,14);2H,1,3H2,(H,4,5)/p-1. The fraction of sp³-hybridized carbons (Fsp3) is 0.357. The molecule has 0 amide bonds. The number of nitrogen functional groups attached to an aromatic ring is 1. The molecule has 0 spiro atoms. The van der Waals surface area contributed by atoms with Crippen molar-refractivity contribution in [1.29, 1.82) is 0 Å². The van der Waals surface area contributed by atoms with Crippen LogP contribution >= 0.6 is 0 Å². The number of nitrogens with two attached hydrogens (primary N) is 2. The quantitative estimate of drug-likeness (QED) is 0.145. The Balaban J connectivity index is 0.000000567. The van der Waals surface area contributed by atoms with E-state index in [1.165, 1.54) is 6.08 Å². The Kier molecular flexibility index (Phi) is 9.07. The highest BCUT2D eigenvalue weighted by molar-refractivity contribution is 7.79. The van der Waals surface area contributed by atoms with Crippen LogP contribution in [0.4, 0.5) is 5.69 Å². The number of hydrogen-bond acceptors (Lipinski definition) is 5. The van der Waals surface area contributed by atoms with Crippen molar-refractivity contribution in [2.75, 3.05) is 11.5 Å². The lowest BCUT2D eigenvalue weighted by molar-refractivity contribution is 0.318. The largest absolute Gasteiger partial charge is 0.772 e. The molecule has 5 N–H and O–H groups in total. The van der Waals surface area contributed by atoms with E-state index in [1.54, 1.807) is 12.1 Å². The highest BCUT2D eigenvalue weighted by atomic mass is 32.2. The van der Waals surface area contributed by atoms with E-state index in [-0.39, 0.29) is 11.6 Å². The summed E-state index contributed by atoms with van der Waals surface area (Å²) in [4.78, 5) is 0. The number of anilines is 1. The van der Waals surface area contributed by atoms with Crippen LogP contribution in [-0.2, 0) is 23.9 Å². The molecule has 1 aromatic carbocycles. The van der Waals surface area contributed by atoms with Crippen LogP contribution in [0.1, 0.15) is 30.5 Å². The molecule has 0 aliphatic heterocycles. The van der Waals surface area contributed by atoms with Crippen molar-refractivity contribution < 1.29 is 14.0 Å². The first kappa shape index (κ1) is 19.1. The van der Waals surface area contributed by atoms with Crippen LogP contribution in [0.15, 0.2) is 29.9 Å². The molecule has 1 aromatic rings. The molecule has 0 saturated heterocycles. The van der Waals surface area contributed by atoms with E-state index < -0.39 is 11.1 Å². The SMILES string of the molecule is C=CCS(=O)[O-].CCc1c(N)ccc(C(N)=NO)c1CC. The minimum Gasteiger partial charge on any atom is -0.772 e. The van der Waals surface area contributed by atoms with Crippen LogP contribution in [-0.4, -0.2) is 25.6 Å². The number of rotatable bonds is 5. The van der Waals surface area contributed by atoms with Crippen molar-refractivity contribution in [2.24, 2.45) is 10.9 Å². The molecular weight excluding hydrogens is 290 g/mol. The molecule has 0 saturated carbocycles. The Morgan fingerprint density at radius 2 is 2.00 bits per heavy atom. The maximum Gasteiger partial charge on any atom is 0.170 e. The Bertz CT molecular complexity index is 530. The summed E-state index contributed by atoms with van der Waals surface area (Å²) in [5.41, 5.74) is 15.2. The average Bonchev–Trinajstić information content (AvgIpc) is 2.46. The number of nitrogens with zero attached hydrogens (tertiary/aromatic N) is 1. The third-order valence-electron chi connectivity index (χ3n) is 2.81. The van der Waals surface area contributed by atoms with Crippen molar-refractivity contribution in [2.45, 2.75) is 26.7 Å². The van der Waals surface area contributed by atoms with E-state index >= 15 is 0 Å². The Hall–Kier alpha value is -1.86. The summed E-state index contributed by atoms with van der Waals surface area (Å²) < 4.78 is 19.1. The molecule has 0 aliphatic rings. The molecule has 21 heavy (non-hydrogen) atoms. The highest BCUT2D eigenvalue weighted by Gasteiger charge is 2.11. The van der Waals surface area contributed by atoms with Gasteiger partial charge in [-0.25, -0.2) is 0 Å². The Morgan fingerprint density at radius 1 is 1.43 bits per heavy atom. The normalized spacial score (nSPS) is 12.2. The van der Waals surface area contributed by atoms with Crippen molar-refractivity contribution in [3.63, 3.8) is 0 Å². The third-order valence-corrected chi connectivity index (χ3v) is 3.32. The lowest BCUT2D eigenvalue weighted by atomic mass is 9.95. The van der Waals surface area contributed by atoms with E-state index in [1.807, 2.05) is 13.8 Å². The van der Waals surface area contributed by atoms with E-state index in [9.17, 15) is 8.76 Å². The predicted octanol–water partition coefficient (Wildman–Crippen LogP) is 1.54. The summed E-state index contributed by atoms with van der Waals surface area (Å²) in [7, 11) is 0. The maximum absolute atomic E-state index is 9.53. The molecule has 0 aromatic heterocycles. The van der Waals surface area contributed by atoms with Crippen molar-refractivity contribution in [1.82, 2.24) is 0 Å². The zero-order valence-corrected chi connectivity index (χ0v) is 13.2. The van der Waals surface area contributed by atoms with Gasteiger partial charge in [0.1, 0.15) is 0 Å². The molecule has 0 heterocycles. The zero-order valence-electron chi connectivity index (χ0n) is 12.3. The third kappa shape index (κ3) is 5.97. The lowest BCUT2D eigenvalue weighted by Gasteiger charge is -2.13. The molecule has 0 fully saturated rings. The summed E-state index contributed by atoms with van der Waals surface area (Å²) in [6, 6.07) is 3.59. The fourth-order valence-electron chi connectivity index (χ4n) is 1.92. The average molecular weight is 312 g/mol. The lowest BCUT2D eigenvalue weighted by Crippen LogP contribution is -2.17. The smallest absolute Gasteiger partial charge is 0.170 e. The number of amidine groups is 1. The van der Waals surface area contributed by atoms with Crippen LogP contribution in [0.5, 0.6) is 0 Å². The second kappa shape index (κ2) is 9.95. The molecule has 7 heteroatoms. The van der Waals surface area contributed by atoms with Gasteiger partial charge >= 0.3 is 0 Å². The molecule has 118 valence electrons. The van der Waals surface area contributed by atoms with Crippen LogP contribution in [0, 0.1) is 0 Å². The topological polar surface area (TPSA) is 125 Å². The molecule has 0 radical (unpaired) electrons. The summed E-state index contributed by atoms with van der Waals surface area (Å²) in [6.07, 6.45) is 3.00. The van der Waals surface area contributed by atoms with Gasteiger partial charge in [-0.05, 0) is 36.1 Å².